The molecule has 0 aliphatic carbocycles. The molecule has 0 spiro atoms. The number of anilines is 1. The highest BCUT2D eigenvalue weighted by Gasteiger charge is 2.16. The number of para-hydroxylation sites is 2. The minimum Gasteiger partial charge on any atom is -0.321 e. The van der Waals surface area contributed by atoms with Crippen molar-refractivity contribution in [3.8, 4) is 10.6 Å². The van der Waals surface area contributed by atoms with Crippen molar-refractivity contribution < 1.29 is 4.79 Å². The van der Waals surface area contributed by atoms with Crippen LogP contribution in [-0.4, -0.2) is 10.9 Å². The fraction of sp³-hybridized carbons (Fsp3) is 0.130. The smallest absolute Gasteiger partial charge is 0.256 e. The van der Waals surface area contributed by atoms with E-state index in [0.717, 1.165) is 44.7 Å². The third-order valence-corrected chi connectivity index (χ3v) is 5.61. The highest BCUT2D eigenvalue weighted by atomic mass is 32.1. The van der Waals surface area contributed by atoms with Crippen molar-refractivity contribution >= 4 is 33.8 Å². The fourth-order valence-corrected chi connectivity index (χ4v) is 3.98. The van der Waals surface area contributed by atoms with Crippen LogP contribution in [0.1, 0.15) is 28.4 Å². The van der Waals surface area contributed by atoms with Gasteiger partial charge in [0, 0.05) is 11.1 Å². The molecule has 0 saturated heterocycles. The lowest BCUT2D eigenvalue weighted by Gasteiger charge is -2.14. The first kappa shape index (κ1) is 17.4. The molecule has 0 aliphatic rings. The molecule has 4 heteroatoms. The van der Waals surface area contributed by atoms with Gasteiger partial charge in [0.2, 0.25) is 0 Å². The third-order valence-electron chi connectivity index (χ3n) is 4.71. The number of nitrogens with one attached hydrogen (secondary N) is 1. The average Bonchev–Trinajstić information content (AvgIpc) is 3.23. The number of benzene rings is 2. The third kappa shape index (κ3) is 3.36. The average molecular weight is 372 g/mol. The van der Waals surface area contributed by atoms with Crippen molar-refractivity contribution in [1.82, 2.24) is 4.98 Å². The predicted molar refractivity (Wildman–Crippen MR) is 114 cm³/mol. The van der Waals surface area contributed by atoms with Gasteiger partial charge in [0.1, 0.15) is 0 Å². The van der Waals surface area contributed by atoms with E-state index in [4.69, 9.17) is 4.98 Å². The number of amides is 1. The fourth-order valence-electron chi connectivity index (χ4n) is 3.30. The van der Waals surface area contributed by atoms with Crippen LogP contribution in [0.15, 0.2) is 66.0 Å². The van der Waals surface area contributed by atoms with E-state index in [-0.39, 0.29) is 5.91 Å². The summed E-state index contributed by atoms with van der Waals surface area (Å²) in [6.45, 7) is 4.12. The molecular weight excluding hydrogens is 352 g/mol. The zero-order chi connectivity index (χ0) is 18.8. The topological polar surface area (TPSA) is 42.0 Å². The van der Waals surface area contributed by atoms with E-state index >= 15 is 0 Å². The number of aromatic nitrogens is 1. The Morgan fingerprint density at radius 1 is 1.07 bits per heavy atom. The number of hydrogen-bond donors (Lipinski definition) is 1. The number of hydrogen-bond acceptors (Lipinski definition) is 3. The Kier molecular flexibility index (Phi) is 4.73. The second-order valence-corrected chi connectivity index (χ2v) is 7.41. The number of aryl methyl sites for hydroxylation is 2. The van der Waals surface area contributed by atoms with Crippen LogP contribution in [0.3, 0.4) is 0 Å². The summed E-state index contributed by atoms with van der Waals surface area (Å²) in [5, 5.41) is 6.03. The van der Waals surface area contributed by atoms with Gasteiger partial charge in [0.15, 0.2) is 0 Å². The van der Waals surface area contributed by atoms with Crippen LogP contribution in [0.25, 0.3) is 21.5 Å². The maximum atomic E-state index is 13.2. The van der Waals surface area contributed by atoms with Crippen molar-refractivity contribution in [1.29, 1.82) is 0 Å². The molecule has 0 atom stereocenters. The molecule has 0 aliphatic heterocycles. The van der Waals surface area contributed by atoms with Gasteiger partial charge in [-0.25, -0.2) is 4.98 Å². The lowest BCUT2D eigenvalue weighted by Crippen LogP contribution is -2.15. The molecule has 27 heavy (non-hydrogen) atoms. The number of rotatable bonds is 4. The zero-order valence-electron chi connectivity index (χ0n) is 15.3. The molecular formula is C23H20N2OS. The molecule has 0 bridgehead atoms. The molecule has 4 rings (SSSR count). The van der Waals surface area contributed by atoms with Crippen LogP contribution < -0.4 is 5.32 Å². The van der Waals surface area contributed by atoms with E-state index in [9.17, 15) is 4.79 Å². The van der Waals surface area contributed by atoms with Gasteiger partial charge in [0.25, 0.3) is 5.91 Å². The maximum absolute atomic E-state index is 13.2. The summed E-state index contributed by atoms with van der Waals surface area (Å²) in [5.41, 5.74) is 5.42. The van der Waals surface area contributed by atoms with E-state index in [1.807, 2.05) is 66.9 Å². The Morgan fingerprint density at radius 3 is 2.70 bits per heavy atom. The van der Waals surface area contributed by atoms with E-state index in [2.05, 4.69) is 18.3 Å². The van der Waals surface area contributed by atoms with Crippen LogP contribution in [0.5, 0.6) is 0 Å². The van der Waals surface area contributed by atoms with Gasteiger partial charge in [-0.1, -0.05) is 49.4 Å². The molecule has 134 valence electrons. The number of carbonyl (C=O) groups is 1. The molecule has 0 radical (unpaired) electrons. The second-order valence-electron chi connectivity index (χ2n) is 6.47. The van der Waals surface area contributed by atoms with Crippen LogP contribution in [-0.2, 0) is 6.42 Å². The summed E-state index contributed by atoms with van der Waals surface area (Å²) in [7, 11) is 0. The maximum Gasteiger partial charge on any atom is 0.256 e. The van der Waals surface area contributed by atoms with E-state index < -0.39 is 0 Å². The van der Waals surface area contributed by atoms with Gasteiger partial charge in [0.05, 0.1) is 21.7 Å². The summed E-state index contributed by atoms with van der Waals surface area (Å²) in [5.74, 6) is -0.101. The number of carbonyl (C=O) groups excluding carboxylic acids is 1. The summed E-state index contributed by atoms with van der Waals surface area (Å²) in [6.07, 6.45) is 0.870. The van der Waals surface area contributed by atoms with Gasteiger partial charge in [-0.3, -0.25) is 4.79 Å². The number of pyridine rings is 1. The van der Waals surface area contributed by atoms with Gasteiger partial charge in [-0.05, 0) is 48.1 Å². The Bertz CT molecular complexity index is 1120. The summed E-state index contributed by atoms with van der Waals surface area (Å²) in [6, 6.07) is 19.8. The molecule has 0 unspecified atom stereocenters. The minimum absolute atomic E-state index is 0.101. The summed E-state index contributed by atoms with van der Waals surface area (Å²) < 4.78 is 0. The highest BCUT2D eigenvalue weighted by Crippen LogP contribution is 2.29. The number of nitrogens with zero attached hydrogens (tertiary/aromatic N) is 1. The van der Waals surface area contributed by atoms with Crippen LogP contribution in [0, 0.1) is 6.92 Å². The summed E-state index contributed by atoms with van der Waals surface area (Å²) >= 11 is 1.62. The number of fused-ring (bicyclic) bond motifs is 1. The van der Waals surface area contributed by atoms with Crippen molar-refractivity contribution in [2.45, 2.75) is 20.3 Å². The molecule has 1 amide bonds. The standard InChI is InChI=1S/C23H20N2OS/c1-3-16-9-6-8-15(2)22(16)25-23(26)18-14-20(21-12-7-13-27-21)24-19-11-5-4-10-17(18)19/h4-14H,3H2,1-2H3,(H,25,26). The van der Waals surface area contributed by atoms with E-state index in [0.29, 0.717) is 5.56 Å². The normalized spacial score (nSPS) is 10.9. The van der Waals surface area contributed by atoms with Crippen LogP contribution in [0.4, 0.5) is 5.69 Å². The lowest BCUT2D eigenvalue weighted by atomic mass is 10.0. The van der Waals surface area contributed by atoms with Gasteiger partial charge in [-0.2, -0.15) is 0 Å². The Hall–Kier alpha value is -2.98. The number of thiophene rings is 1. The van der Waals surface area contributed by atoms with Crippen molar-refractivity contribution in [2.75, 3.05) is 5.32 Å². The molecule has 2 aromatic carbocycles. The van der Waals surface area contributed by atoms with Crippen LogP contribution in [0.2, 0.25) is 0 Å². The quantitative estimate of drug-likeness (QED) is 0.471. The Balaban J connectivity index is 1.82. The molecule has 0 fully saturated rings. The first-order valence-electron chi connectivity index (χ1n) is 9.01. The van der Waals surface area contributed by atoms with Crippen molar-refractivity contribution in [2.24, 2.45) is 0 Å². The van der Waals surface area contributed by atoms with Crippen molar-refractivity contribution in [3.05, 3.63) is 82.7 Å². The lowest BCUT2D eigenvalue weighted by molar-refractivity contribution is 0.102. The molecule has 4 aromatic rings. The molecule has 1 N–H and O–H groups in total. The monoisotopic (exact) mass is 372 g/mol. The van der Waals surface area contributed by atoms with Gasteiger partial charge >= 0.3 is 0 Å². The highest BCUT2D eigenvalue weighted by molar-refractivity contribution is 7.13. The molecule has 3 nitrogen and oxygen atoms in total. The summed E-state index contributed by atoms with van der Waals surface area (Å²) in [4.78, 5) is 19.0. The Labute approximate surface area is 162 Å². The van der Waals surface area contributed by atoms with Crippen LogP contribution >= 0.6 is 11.3 Å². The first-order valence-corrected chi connectivity index (χ1v) is 9.89. The second kappa shape index (κ2) is 7.33. The Morgan fingerprint density at radius 2 is 1.93 bits per heavy atom. The first-order chi connectivity index (χ1) is 13.2. The van der Waals surface area contributed by atoms with E-state index in [1.54, 1.807) is 11.3 Å². The molecule has 2 aromatic heterocycles. The van der Waals surface area contributed by atoms with Crippen molar-refractivity contribution in [3.63, 3.8) is 0 Å². The van der Waals surface area contributed by atoms with Gasteiger partial charge < -0.3 is 5.32 Å². The minimum atomic E-state index is -0.101. The molecule has 0 saturated carbocycles. The zero-order valence-corrected chi connectivity index (χ0v) is 16.1. The predicted octanol–water partition coefficient (Wildman–Crippen LogP) is 6.09. The van der Waals surface area contributed by atoms with Gasteiger partial charge in [-0.15, -0.1) is 11.3 Å². The van der Waals surface area contributed by atoms with E-state index in [1.165, 1.54) is 0 Å². The largest absolute Gasteiger partial charge is 0.321 e. The SMILES string of the molecule is CCc1cccc(C)c1NC(=O)c1cc(-c2cccs2)nc2ccccc12. The molecule has 2 heterocycles.